The van der Waals surface area contributed by atoms with Gasteiger partial charge in [0.15, 0.2) is 0 Å². The quantitative estimate of drug-likeness (QED) is 0.704. The maximum absolute atomic E-state index is 12.2. The first-order valence-electron chi connectivity index (χ1n) is 6.22. The van der Waals surface area contributed by atoms with E-state index in [-0.39, 0.29) is 28.6 Å². The summed E-state index contributed by atoms with van der Waals surface area (Å²) < 4.78 is 26.7. The number of sulfonamides is 1. The van der Waals surface area contributed by atoms with Crippen molar-refractivity contribution in [2.75, 3.05) is 13.2 Å². The molecule has 0 unspecified atom stereocenters. The van der Waals surface area contributed by atoms with Crippen molar-refractivity contribution in [3.8, 4) is 0 Å². The predicted molar refractivity (Wildman–Crippen MR) is 79.1 cm³/mol. The Hall–Kier alpha value is -1.15. The van der Waals surface area contributed by atoms with Gasteiger partial charge in [-0.05, 0) is 30.0 Å². The Morgan fingerprint density at radius 2 is 2.00 bits per heavy atom. The van der Waals surface area contributed by atoms with Gasteiger partial charge in [0, 0.05) is 13.2 Å². The third kappa shape index (κ3) is 4.96. The van der Waals surface area contributed by atoms with Gasteiger partial charge in [-0.15, -0.1) is 0 Å². The number of carboxylic acids is 1. The second-order valence-corrected chi connectivity index (χ2v) is 7.58. The summed E-state index contributed by atoms with van der Waals surface area (Å²) >= 11 is 5.71. The van der Waals surface area contributed by atoms with Crippen molar-refractivity contribution < 1.29 is 23.4 Å². The van der Waals surface area contributed by atoms with Crippen LogP contribution in [0.5, 0.6) is 0 Å². The van der Waals surface area contributed by atoms with Crippen LogP contribution in [0.1, 0.15) is 30.6 Å². The van der Waals surface area contributed by atoms with E-state index in [1.54, 1.807) is 0 Å². The van der Waals surface area contributed by atoms with E-state index in [4.69, 9.17) is 21.8 Å². The number of benzene rings is 1. The second-order valence-electron chi connectivity index (χ2n) is 5.41. The summed E-state index contributed by atoms with van der Waals surface area (Å²) in [6.07, 6.45) is 0.441. The minimum Gasteiger partial charge on any atom is -0.478 e. The number of aliphatic hydroxyl groups is 1. The van der Waals surface area contributed by atoms with Gasteiger partial charge in [0.05, 0.1) is 15.5 Å². The first-order chi connectivity index (χ1) is 9.59. The van der Waals surface area contributed by atoms with Gasteiger partial charge in [-0.2, -0.15) is 0 Å². The third-order valence-corrected chi connectivity index (χ3v) is 4.74. The Bertz CT molecular complexity index is 627. The van der Waals surface area contributed by atoms with Crippen LogP contribution >= 0.6 is 11.6 Å². The van der Waals surface area contributed by atoms with Crippen LogP contribution in [0.25, 0.3) is 0 Å². The number of carbonyl (C=O) groups is 1. The average Bonchev–Trinajstić information content (AvgIpc) is 2.36. The molecule has 0 aliphatic heterocycles. The Kier molecular flexibility index (Phi) is 5.75. The molecule has 0 heterocycles. The SMILES string of the molecule is CC(C)(CCO)CNS(=O)(=O)c1ccc(Cl)c(C(=O)O)c1. The number of aromatic carboxylic acids is 1. The monoisotopic (exact) mass is 335 g/mol. The third-order valence-electron chi connectivity index (χ3n) is 3.01. The van der Waals surface area contributed by atoms with Gasteiger partial charge in [-0.3, -0.25) is 0 Å². The molecule has 3 N–H and O–H groups in total. The van der Waals surface area contributed by atoms with E-state index in [1.165, 1.54) is 12.1 Å². The van der Waals surface area contributed by atoms with Crippen LogP contribution in [0, 0.1) is 5.41 Å². The largest absolute Gasteiger partial charge is 0.478 e. The Morgan fingerprint density at radius 1 is 1.38 bits per heavy atom. The van der Waals surface area contributed by atoms with Gasteiger partial charge < -0.3 is 10.2 Å². The molecule has 8 heteroatoms. The lowest BCUT2D eigenvalue weighted by atomic mass is 9.90. The number of halogens is 1. The minimum atomic E-state index is -3.84. The number of hydrogen-bond acceptors (Lipinski definition) is 4. The molecule has 0 fully saturated rings. The molecule has 0 amide bonds. The topological polar surface area (TPSA) is 104 Å². The van der Waals surface area contributed by atoms with Gasteiger partial charge >= 0.3 is 5.97 Å². The van der Waals surface area contributed by atoms with Crippen LogP contribution in [0.4, 0.5) is 0 Å². The van der Waals surface area contributed by atoms with E-state index >= 15 is 0 Å². The molecule has 21 heavy (non-hydrogen) atoms. The van der Waals surface area contributed by atoms with Crippen molar-refractivity contribution in [2.45, 2.75) is 25.2 Å². The standard InChI is InChI=1S/C13H18ClNO5S/c1-13(2,5-6-16)8-15-21(19,20)9-3-4-11(14)10(7-9)12(17)18/h3-4,7,15-16H,5-6,8H2,1-2H3,(H,17,18). The van der Waals surface area contributed by atoms with E-state index in [0.717, 1.165) is 6.07 Å². The lowest BCUT2D eigenvalue weighted by Gasteiger charge is -2.23. The van der Waals surface area contributed by atoms with Crippen LogP contribution in [0.2, 0.25) is 5.02 Å². The Balaban J connectivity index is 2.99. The van der Waals surface area contributed by atoms with Crippen molar-refractivity contribution >= 4 is 27.6 Å². The highest BCUT2D eigenvalue weighted by Crippen LogP contribution is 2.22. The summed E-state index contributed by atoms with van der Waals surface area (Å²) in [4.78, 5) is 10.8. The molecule has 1 aromatic rings. The summed E-state index contributed by atoms with van der Waals surface area (Å²) in [6, 6.07) is 3.50. The summed E-state index contributed by atoms with van der Waals surface area (Å²) in [5.41, 5.74) is -0.682. The number of hydrogen-bond donors (Lipinski definition) is 3. The van der Waals surface area contributed by atoms with Gasteiger partial charge in [0.25, 0.3) is 0 Å². The van der Waals surface area contributed by atoms with Crippen LogP contribution in [0.15, 0.2) is 23.1 Å². The van der Waals surface area contributed by atoms with E-state index < -0.39 is 21.4 Å². The molecule has 0 aliphatic carbocycles. The number of rotatable bonds is 7. The van der Waals surface area contributed by atoms with E-state index in [9.17, 15) is 13.2 Å². The zero-order chi connectivity index (χ0) is 16.3. The van der Waals surface area contributed by atoms with Crippen LogP contribution in [0.3, 0.4) is 0 Å². The smallest absolute Gasteiger partial charge is 0.337 e. The van der Waals surface area contributed by atoms with E-state index in [0.29, 0.717) is 6.42 Å². The molecule has 0 saturated carbocycles. The fourth-order valence-corrected chi connectivity index (χ4v) is 3.07. The molecule has 0 aromatic heterocycles. The Morgan fingerprint density at radius 3 is 2.52 bits per heavy atom. The molecule has 6 nitrogen and oxygen atoms in total. The zero-order valence-corrected chi connectivity index (χ0v) is 13.3. The van der Waals surface area contributed by atoms with E-state index in [2.05, 4.69) is 4.72 Å². The fraction of sp³-hybridized carbons (Fsp3) is 0.462. The predicted octanol–water partition coefficient (Wildman–Crippen LogP) is 1.73. The van der Waals surface area contributed by atoms with Crippen molar-refractivity contribution in [1.29, 1.82) is 0 Å². The minimum absolute atomic E-state index is 0.0259. The lowest BCUT2D eigenvalue weighted by Crippen LogP contribution is -2.34. The lowest BCUT2D eigenvalue weighted by molar-refractivity contribution is 0.0697. The normalized spacial score (nSPS) is 12.4. The Labute approximate surface area is 128 Å². The van der Waals surface area contributed by atoms with Crippen molar-refractivity contribution in [3.05, 3.63) is 28.8 Å². The van der Waals surface area contributed by atoms with Crippen molar-refractivity contribution in [3.63, 3.8) is 0 Å². The number of nitrogens with one attached hydrogen (secondary N) is 1. The van der Waals surface area contributed by atoms with Crippen molar-refractivity contribution in [1.82, 2.24) is 4.72 Å². The van der Waals surface area contributed by atoms with Crippen LogP contribution < -0.4 is 4.72 Å². The van der Waals surface area contributed by atoms with Gasteiger partial charge in [0.2, 0.25) is 10.0 Å². The van der Waals surface area contributed by atoms with Crippen LogP contribution in [-0.4, -0.2) is 37.8 Å². The summed E-state index contributed by atoms with van der Waals surface area (Å²) in [7, 11) is -3.84. The highest BCUT2D eigenvalue weighted by Gasteiger charge is 2.23. The van der Waals surface area contributed by atoms with Crippen LogP contribution in [-0.2, 0) is 10.0 Å². The average molecular weight is 336 g/mol. The highest BCUT2D eigenvalue weighted by atomic mass is 35.5. The molecule has 0 radical (unpaired) electrons. The van der Waals surface area contributed by atoms with Crippen molar-refractivity contribution in [2.24, 2.45) is 5.41 Å². The molecule has 0 saturated heterocycles. The molecule has 118 valence electrons. The highest BCUT2D eigenvalue weighted by molar-refractivity contribution is 7.89. The second kappa shape index (κ2) is 6.74. The summed E-state index contributed by atoms with van der Waals surface area (Å²) in [5, 5.41) is 17.9. The molecular weight excluding hydrogens is 318 g/mol. The molecule has 1 aromatic carbocycles. The summed E-state index contributed by atoms with van der Waals surface area (Å²) in [6.45, 7) is 3.71. The first kappa shape index (κ1) is 17.9. The first-order valence-corrected chi connectivity index (χ1v) is 8.08. The van der Waals surface area contributed by atoms with Gasteiger partial charge in [0.1, 0.15) is 0 Å². The maximum atomic E-state index is 12.2. The maximum Gasteiger partial charge on any atom is 0.337 e. The molecule has 1 rings (SSSR count). The molecule has 0 spiro atoms. The number of carboxylic acid groups (broad SMARTS) is 1. The zero-order valence-electron chi connectivity index (χ0n) is 11.8. The molecule has 0 atom stereocenters. The number of aliphatic hydroxyl groups excluding tert-OH is 1. The van der Waals surface area contributed by atoms with E-state index in [1.807, 2.05) is 13.8 Å². The molecular formula is C13H18ClNO5S. The molecule has 0 aliphatic rings. The van der Waals surface area contributed by atoms with Gasteiger partial charge in [-0.25, -0.2) is 17.9 Å². The fourth-order valence-electron chi connectivity index (χ4n) is 1.60. The van der Waals surface area contributed by atoms with Gasteiger partial charge in [-0.1, -0.05) is 25.4 Å². The summed E-state index contributed by atoms with van der Waals surface area (Å²) in [5.74, 6) is -1.29. The molecule has 0 bridgehead atoms.